The summed E-state index contributed by atoms with van der Waals surface area (Å²) in [5, 5.41) is 0. The van der Waals surface area contributed by atoms with Crippen molar-refractivity contribution in [2.75, 3.05) is 0 Å². The van der Waals surface area contributed by atoms with Gasteiger partial charge in [-0.05, 0) is 38.0 Å². The molecule has 3 N–H and O–H groups in total. The van der Waals surface area contributed by atoms with Crippen LogP contribution in [0.1, 0.15) is 51.9 Å². The van der Waals surface area contributed by atoms with Crippen molar-refractivity contribution in [1.82, 2.24) is 5.43 Å². The third-order valence-corrected chi connectivity index (χ3v) is 3.89. The molecule has 1 saturated carbocycles. The van der Waals surface area contributed by atoms with E-state index >= 15 is 0 Å². The first-order chi connectivity index (χ1) is 7.99. The normalized spacial score (nSPS) is 28.1. The second kappa shape index (κ2) is 6.59. The van der Waals surface area contributed by atoms with Gasteiger partial charge in [-0.3, -0.25) is 11.3 Å². The average molecular weight is 252 g/mol. The smallest absolute Gasteiger partial charge is 0.271 e. The number of hydrazine groups is 1. The van der Waals surface area contributed by atoms with Crippen molar-refractivity contribution in [3.63, 3.8) is 0 Å². The fourth-order valence-electron chi connectivity index (χ4n) is 2.73. The molecule has 1 aliphatic rings. The van der Waals surface area contributed by atoms with Crippen LogP contribution in [0.15, 0.2) is 0 Å². The van der Waals surface area contributed by atoms with Crippen LogP contribution in [0.2, 0.25) is 0 Å². The summed E-state index contributed by atoms with van der Waals surface area (Å²) in [6, 6.07) is 0.184. The van der Waals surface area contributed by atoms with Crippen molar-refractivity contribution in [3.8, 4) is 0 Å². The first-order valence-corrected chi connectivity index (χ1v) is 6.51. The van der Waals surface area contributed by atoms with Crippen molar-refractivity contribution in [2.24, 2.45) is 17.7 Å². The number of hydrogen-bond donors (Lipinski definition) is 2. The molecule has 17 heavy (non-hydrogen) atoms. The zero-order valence-corrected chi connectivity index (χ0v) is 10.4. The predicted octanol–water partition coefficient (Wildman–Crippen LogP) is 3.38. The van der Waals surface area contributed by atoms with E-state index in [0.29, 0.717) is 18.8 Å². The van der Waals surface area contributed by atoms with Crippen LogP contribution >= 0.6 is 0 Å². The standard InChI is InChI=1S/C12H23F3N2/c1-2-3-4-11(17-16)9-5-7-10(8-6-9)12(13,14)15/h9-11,17H,2-8,16H2,1H3. The Morgan fingerprint density at radius 1 is 1.24 bits per heavy atom. The van der Waals surface area contributed by atoms with Gasteiger partial charge >= 0.3 is 6.18 Å². The number of rotatable bonds is 5. The highest BCUT2D eigenvalue weighted by Crippen LogP contribution is 2.40. The van der Waals surface area contributed by atoms with Crippen LogP contribution in [0, 0.1) is 11.8 Å². The fraction of sp³-hybridized carbons (Fsp3) is 1.00. The van der Waals surface area contributed by atoms with Gasteiger partial charge in [-0.25, -0.2) is 0 Å². The van der Waals surface area contributed by atoms with Gasteiger partial charge in [-0.2, -0.15) is 13.2 Å². The van der Waals surface area contributed by atoms with E-state index < -0.39 is 12.1 Å². The molecule has 0 heterocycles. The third-order valence-electron chi connectivity index (χ3n) is 3.89. The second-order valence-corrected chi connectivity index (χ2v) is 5.07. The zero-order chi connectivity index (χ0) is 12.9. The van der Waals surface area contributed by atoms with Gasteiger partial charge < -0.3 is 0 Å². The van der Waals surface area contributed by atoms with Crippen LogP contribution in [0.5, 0.6) is 0 Å². The first-order valence-electron chi connectivity index (χ1n) is 6.51. The molecule has 0 spiro atoms. The van der Waals surface area contributed by atoms with E-state index in [4.69, 9.17) is 5.84 Å². The molecule has 0 aromatic rings. The van der Waals surface area contributed by atoms with Gasteiger partial charge in [0.2, 0.25) is 0 Å². The van der Waals surface area contributed by atoms with Crippen LogP contribution in [0.25, 0.3) is 0 Å². The molecule has 0 aliphatic heterocycles. The number of halogens is 3. The van der Waals surface area contributed by atoms with Crippen molar-refractivity contribution in [1.29, 1.82) is 0 Å². The summed E-state index contributed by atoms with van der Waals surface area (Å²) in [6.45, 7) is 2.11. The van der Waals surface area contributed by atoms with Gasteiger partial charge in [0.15, 0.2) is 0 Å². The SMILES string of the molecule is CCCCC(NN)C1CCC(C(F)(F)F)CC1. The van der Waals surface area contributed by atoms with E-state index in [2.05, 4.69) is 12.3 Å². The van der Waals surface area contributed by atoms with Gasteiger partial charge in [-0.1, -0.05) is 19.8 Å². The molecule has 0 amide bonds. The highest BCUT2D eigenvalue weighted by molar-refractivity contribution is 4.83. The Kier molecular flexibility index (Phi) is 5.73. The first kappa shape index (κ1) is 14.8. The largest absolute Gasteiger partial charge is 0.391 e. The van der Waals surface area contributed by atoms with Crippen LogP contribution in [-0.4, -0.2) is 12.2 Å². The third kappa shape index (κ3) is 4.47. The maximum Gasteiger partial charge on any atom is 0.391 e. The summed E-state index contributed by atoms with van der Waals surface area (Å²) >= 11 is 0. The number of hydrogen-bond acceptors (Lipinski definition) is 2. The van der Waals surface area contributed by atoms with Gasteiger partial charge in [0.1, 0.15) is 0 Å². The van der Waals surface area contributed by atoms with Gasteiger partial charge in [-0.15, -0.1) is 0 Å². The molecular formula is C12H23F3N2. The molecule has 0 aromatic heterocycles. The van der Waals surface area contributed by atoms with Gasteiger partial charge in [0.25, 0.3) is 0 Å². The lowest BCUT2D eigenvalue weighted by atomic mass is 9.77. The zero-order valence-electron chi connectivity index (χ0n) is 10.4. The molecule has 5 heteroatoms. The molecule has 1 aliphatic carbocycles. The molecule has 0 radical (unpaired) electrons. The van der Waals surface area contributed by atoms with Gasteiger partial charge in [0, 0.05) is 6.04 Å². The Bertz CT molecular complexity index is 210. The highest BCUT2D eigenvalue weighted by Gasteiger charge is 2.42. The topological polar surface area (TPSA) is 38.0 Å². The van der Waals surface area contributed by atoms with E-state index in [-0.39, 0.29) is 18.9 Å². The number of nitrogens with two attached hydrogens (primary N) is 1. The van der Waals surface area contributed by atoms with Crippen LogP contribution in [0.3, 0.4) is 0 Å². The molecular weight excluding hydrogens is 229 g/mol. The summed E-state index contributed by atoms with van der Waals surface area (Å²) in [5.41, 5.74) is 2.78. The van der Waals surface area contributed by atoms with Gasteiger partial charge in [0.05, 0.1) is 5.92 Å². The molecule has 0 saturated heterocycles. The molecule has 1 rings (SSSR count). The summed E-state index contributed by atoms with van der Waals surface area (Å²) in [6.07, 6.45) is 0.932. The Hall–Kier alpha value is -0.290. The molecule has 1 unspecified atom stereocenters. The van der Waals surface area contributed by atoms with E-state index in [1.807, 2.05) is 0 Å². The van der Waals surface area contributed by atoms with E-state index in [9.17, 15) is 13.2 Å². The fourth-order valence-corrected chi connectivity index (χ4v) is 2.73. The second-order valence-electron chi connectivity index (χ2n) is 5.07. The van der Waals surface area contributed by atoms with Crippen LogP contribution < -0.4 is 11.3 Å². The molecule has 1 fully saturated rings. The Morgan fingerprint density at radius 3 is 2.24 bits per heavy atom. The Labute approximate surface area is 101 Å². The van der Waals surface area contributed by atoms with E-state index in [1.165, 1.54) is 0 Å². The van der Waals surface area contributed by atoms with Crippen LogP contribution in [-0.2, 0) is 0 Å². The van der Waals surface area contributed by atoms with E-state index in [1.54, 1.807) is 0 Å². The monoisotopic (exact) mass is 252 g/mol. The minimum Gasteiger partial charge on any atom is -0.271 e. The molecule has 1 atom stereocenters. The van der Waals surface area contributed by atoms with Crippen molar-refractivity contribution in [2.45, 2.75) is 64.1 Å². The average Bonchev–Trinajstić information content (AvgIpc) is 2.29. The summed E-state index contributed by atoms with van der Waals surface area (Å²) < 4.78 is 37.5. The van der Waals surface area contributed by atoms with Crippen LogP contribution in [0.4, 0.5) is 13.2 Å². The minimum absolute atomic E-state index is 0.184. The highest BCUT2D eigenvalue weighted by atomic mass is 19.4. The number of unbranched alkanes of at least 4 members (excludes halogenated alkanes) is 1. The maximum absolute atomic E-state index is 12.5. The lowest BCUT2D eigenvalue weighted by Crippen LogP contribution is -2.43. The minimum atomic E-state index is -4.01. The van der Waals surface area contributed by atoms with E-state index in [0.717, 1.165) is 19.3 Å². The lowest BCUT2D eigenvalue weighted by molar-refractivity contribution is -0.184. The van der Waals surface area contributed by atoms with Crippen molar-refractivity contribution in [3.05, 3.63) is 0 Å². The molecule has 2 nitrogen and oxygen atoms in total. The Balaban J connectivity index is 2.39. The lowest BCUT2D eigenvalue weighted by Gasteiger charge is -2.34. The maximum atomic E-state index is 12.5. The summed E-state index contributed by atoms with van der Waals surface area (Å²) in [7, 11) is 0. The molecule has 0 bridgehead atoms. The Morgan fingerprint density at radius 2 is 1.82 bits per heavy atom. The van der Waals surface area contributed by atoms with Crippen molar-refractivity contribution < 1.29 is 13.2 Å². The molecule has 0 aromatic carbocycles. The summed E-state index contributed by atoms with van der Waals surface area (Å²) in [5.74, 6) is 4.71. The van der Waals surface area contributed by atoms with Crippen molar-refractivity contribution >= 4 is 0 Å². The summed E-state index contributed by atoms with van der Waals surface area (Å²) in [4.78, 5) is 0. The quantitative estimate of drug-likeness (QED) is 0.581. The predicted molar refractivity (Wildman–Crippen MR) is 62.1 cm³/mol. The number of nitrogens with one attached hydrogen (secondary N) is 1. The molecule has 102 valence electrons. The number of alkyl halides is 3.